The van der Waals surface area contributed by atoms with E-state index >= 15 is 0 Å². The summed E-state index contributed by atoms with van der Waals surface area (Å²) >= 11 is 0. The summed E-state index contributed by atoms with van der Waals surface area (Å²) < 4.78 is 0. The third-order valence-corrected chi connectivity index (χ3v) is 1.99. The number of amides is 1. The zero-order valence-corrected chi connectivity index (χ0v) is 10.2. The van der Waals surface area contributed by atoms with Crippen LogP contribution in [0.25, 0.3) is 0 Å². The molecular formula is C13H21NO. The Kier molecular flexibility index (Phi) is 7.33. The molecule has 2 heteroatoms. The van der Waals surface area contributed by atoms with Gasteiger partial charge in [0.05, 0.1) is 0 Å². The van der Waals surface area contributed by atoms with Crippen LogP contribution in [0.2, 0.25) is 0 Å². The van der Waals surface area contributed by atoms with Crippen molar-refractivity contribution in [1.82, 2.24) is 4.90 Å². The fourth-order valence-corrected chi connectivity index (χ4v) is 1.22. The van der Waals surface area contributed by atoms with Gasteiger partial charge in [-0.25, -0.2) is 0 Å². The van der Waals surface area contributed by atoms with Gasteiger partial charge in [-0.3, -0.25) is 4.79 Å². The van der Waals surface area contributed by atoms with Gasteiger partial charge < -0.3 is 4.90 Å². The minimum absolute atomic E-state index is 0.184. The van der Waals surface area contributed by atoms with Gasteiger partial charge in [0, 0.05) is 20.0 Å². The van der Waals surface area contributed by atoms with E-state index in [0.29, 0.717) is 13.0 Å². The predicted octanol–water partition coefficient (Wildman–Crippen LogP) is 3.08. The molecule has 0 aliphatic rings. The lowest BCUT2D eigenvalue weighted by Gasteiger charge is -2.15. The lowest BCUT2D eigenvalue weighted by molar-refractivity contribution is -0.130. The highest BCUT2D eigenvalue weighted by Gasteiger charge is 2.05. The molecule has 1 amide bonds. The van der Waals surface area contributed by atoms with Crippen LogP contribution in [0.5, 0.6) is 0 Å². The number of benzene rings is 1. The summed E-state index contributed by atoms with van der Waals surface area (Å²) in [6, 6.07) is 10.0. The Morgan fingerprint density at radius 1 is 1.20 bits per heavy atom. The van der Waals surface area contributed by atoms with Crippen LogP contribution >= 0.6 is 0 Å². The fourth-order valence-electron chi connectivity index (χ4n) is 1.22. The van der Waals surface area contributed by atoms with Crippen molar-refractivity contribution in [2.75, 3.05) is 7.05 Å². The molecule has 0 atom stereocenters. The lowest BCUT2D eigenvalue weighted by Crippen LogP contribution is -2.24. The van der Waals surface area contributed by atoms with Crippen LogP contribution in [0.4, 0.5) is 0 Å². The molecule has 0 saturated heterocycles. The molecule has 1 rings (SSSR count). The molecule has 0 unspecified atom stereocenters. The topological polar surface area (TPSA) is 20.3 Å². The monoisotopic (exact) mass is 207 g/mol. The average Bonchev–Trinajstić information content (AvgIpc) is 2.32. The van der Waals surface area contributed by atoms with Crippen molar-refractivity contribution in [1.29, 1.82) is 0 Å². The van der Waals surface area contributed by atoms with Gasteiger partial charge in [-0.05, 0) is 5.56 Å². The zero-order chi connectivity index (χ0) is 11.7. The van der Waals surface area contributed by atoms with Crippen LogP contribution < -0.4 is 0 Å². The Bertz CT molecular complexity index is 269. The average molecular weight is 207 g/mol. The van der Waals surface area contributed by atoms with Crippen molar-refractivity contribution in [3.05, 3.63) is 35.9 Å². The Morgan fingerprint density at radius 3 is 2.20 bits per heavy atom. The lowest BCUT2D eigenvalue weighted by atomic mass is 10.2. The van der Waals surface area contributed by atoms with Crippen LogP contribution in [-0.2, 0) is 11.3 Å². The second-order valence-electron chi connectivity index (χ2n) is 3.09. The van der Waals surface area contributed by atoms with Gasteiger partial charge in [0.2, 0.25) is 5.91 Å². The molecule has 0 N–H and O–H groups in total. The summed E-state index contributed by atoms with van der Waals surface area (Å²) in [6.07, 6.45) is 0.573. The summed E-state index contributed by atoms with van der Waals surface area (Å²) in [4.78, 5) is 13.0. The normalized spacial score (nSPS) is 8.80. The highest BCUT2D eigenvalue weighted by Crippen LogP contribution is 2.03. The van der Waals surface area contributed by atoms with Crippen molar-refractivity contribution in [2.45, 2.75) is 33.7 Å². The zero-order valence-electron chi connectivity index (χ0n) is 10.2. The van der Waals surface area contributed by atoms with Gasteiger partial charge >= 0.3 is 0 Å². The van der Waals surface area contributed by atoms with E-state index in [1.807, 2.05) is 58.2 Å². The number of rotatable bonds is 3. The first-order chi connectivity index (χ1) is 7.24. The molecule has 1 aromatic carbocycles. The van der Waals surface area contributed by atoms with Crippen molar-refractivity contribution >= 4 is 5.91 Å². The smallest absolute Gasteiger partial charge is 0.222 e. The van der Waals surface area contributed by atoms with Crippen LogP contribution in [0.3, 0.4) is 0 Å². The van der Waals surface area contributed by atoms with E-state index < -0.39 is 0 Å². The van der Waals surface area contributed by atoms with E-state index in [1.54, 1.807) is 4.90 Å². The van der Waals surface area contributed by atoms with Gasteiger partial charge in [0.1, 0.15) is 0 Å². The quantitative estimate of drug-likeness (QED) is 0.746. The first-order valence-electron chi connectivity index (χ1n) is 5.52. The summed E-state index contributed by atoms with van der Waals surface area (Å²) in [6.45, 7) is 6.58. The number of carbonyl (C=O) groups is 1. The van der Waals surface area contributed by atoms with Gasteiger partial charge in [-0.2, -0.15) is 0 Å². The second kappa shape index (κ2) is 8.04. The summed E-state index contributed by atoms with van der Waals surface area (Å²) in [5, 5.41) is 0. The summed E-state index contributed by atoms with van der Waals surface area (Å²) in [5.41, 5.74) is 1.17. The van der Waals surface area contributed by atoms with Crippen LogP contribution in [0.15, 0.2) is 30.3 Å². The highest BCUT2D eigenvalue weighted by molar-refractivity contribution is 5.75. The number of hydrogen-bond acceptors (Lipinski definition) is 1. The standard InChI is InChI=1S/C11H15NO.C2H6/c1-3-11(13)12(2)9-10-7-5-4-6-8-10;1-2/h4-8H,3,9H2,1-2H3;1-2H3. The molecule has 0 aliphatic carbocycles. The summed E-state index contributed by atoms with van der Waals surface area (Å²) in [7, 11) is 1.83. The minimum Gasteiger partial charge on any atom is -0.341 e. The third kappa shape index (κ3) is 5.21. The molecule has 0 spiro atoms. The van der Waals surface area contributed by atoms with Gasteiger partial charge in [-0.15, -0.1) is 0 Å². The van der Waals surface area contributed by atoms with Crippen LogP contribution in [-0.4, -0.2) is 17.9 Å². The number of carbonyl (C=O) groups excluding carboxylic acids is 1. The number of nitrogens with zero attached hydrogens (tertiary/aromatic N) is 1. The summed E-state index contributed by atoms with van der Waals surface area (Å²) in [5.74, 6) is 0.184. The van der Waals surface area contributed by atoms with Crippen LogP contribution in [0.1, 0.15) is 32.8 Å². The van der Waals surface area contributed by atoms with Crippen LogP contribution in [0, 0.1) is 0 Å². The van der Waals surface area contributed by atoms with E-state index in [9.17, 15) is 4.79 Å². The molecule has 0 saturated carbocycles. The van der Waals surface area contributed by atoms with E-state index in [-0.39, 0.29) is 5.91 Å². The predicted molar refractivity (Wildman–Crippen MR) is 64.6 cm³/mol. The highest BCUT2D eigenvalue weighted by atomic mass is 16.2. The maximum absolute atomic E-state index is 11.2. The van der Waals surface area contributed by atoms with Gasteiger partial charge in [0.15, 0.2) is 0 Å². The molecule has 0 fully saturated rings. The largest absolute Gasteiger partial charge is 0.341 e. The Morgan fingerprint density at radius 2 is 1.73 bits per heavy atom. The van der Waals surface area contributed by atoms with Crippen molar-refractivity contribution in [3.8, 4) is 0 Å². The Labute approximate surface area is 92.9 Å². The second-order valence-corrected chi connectivity index (χ2v) is 3.09. The van der Waals surface area contributed by atoms with E-state index in [0.717, 1.165) is 0 Å². The molecule has 1 aromatic rings. The molecule has 15 heavy (non-hydrogen) atoms. The van der Waals surface area contributed by atoms with Crippen molar-refractivity contribution in [2.24, 2.45) is 0 Å². The Balaban J connectivity index is 0.000000921. The van der Waals surface area contributed by atoms with E-state index in [1.165, 1.54) is 5.56 Å². The number of hydrogen-bond donors (Lipinski definition) is 0. The SMILES string of the molecule is CC.CCC(=O)N(C)Cc1ccccc1. The molecule has 0 radical (unpaired) electrons. The maximum atomic E-state index is 11.2. The minimum atomic E-state index is 0.184. The van der Waals surface area contributed by atoms with E-state index in [4.69, 9.17) is 0 Å². The first-order valence-corrected chi connectivity index (χ1v) is 5.52. The van der Waals surface area contributed by atoms with Crippen molar-refractivity contribution in [3.63, 3.8) is 0 Å². The molecular weight excluding hydrogens is 186 g/mol. The third-order valence-electron chi connectivity index (χ3n) is 1.99. The first kappa shape index (κ1) is 13.7. The molecule has 84 valence electrons. The maximum Gasteiger partial charge on any atom is 0.222 e. The van der Waals surface area contributed by atoms with Gasteiger partial charge in [-0.1, -0.05) is 51.1 Å². The molecule has 0 heterocycles. The fraction of sp³-hybridized carbons (Fsp3) is 0.462. The molecule has 0 bridgehead atoms. The van der Waals surface area contributed by atoms with E-state index in [2.05, 4.69) is 0 Å². The molecule has 2 nitrogen and oxygen atoms in total. The van der Waals surface area contributed by atoms with Gasteiger partial charge in [0.25, 0.3) is 0 Å². The van der Waals surface area contributed by atoms with Crippen molar-refractivity contribution < 1.29 is 4.79 Å². The molecule has 0 aliphatic heterocycles. The Hall–Kier alpha value is -1.31. The molecule has 0 aromatic heterocycles.